The fraction of sp³-hybridized carbons (Fsp3) is 0.600. The van der Waals surface area contributed by atoms with E-state index in [0.717, 1.165) is 63.4 Å². The smallest absolute Gasteiger partial charge is 0.223 e. The van der Waals surface area contributed by atoms with Gasteiger partial charge in [-0.05, 0) is 44.7 Å². The second-order valence-electron chi connectivity index (χ2n) is 7.29. The quantitative estimate of drug-likeness (QED) is 0.894. The number of aromatic nitrogens is 2. The monoisotopic (exact) mass is 356 g/mol. The number of hydrogen-bond donors (Lipinski definition) is 1. The molecule has 2 saturated heterocycles. The number of carbonyl (C=O) groups is 1. The molecule has 2 aromatic rings. The predicted octanol–water partition coefficient (Wildman–Crippen LogP) is 2.57. The summed E-state index contributed by atoms with van der Waals surface area (Å²) in [6.07, 6.45) is 4.14. The summed E-state index contributed by atoms with van der Waals surface area (Å²) in [7, 11) is 0. The van der Waals surface area contributed by atoms with Crippen LogP contribution < -0.4 is 10.2 Å². The highest BCUT2D eigenvalue weighted by atomic mass is 16.5. The minimum absolute atomic E-state index is 0.104. The average molecular weight is 356 g/mol. The first kappa shape index (κ1) is 17.3. The van der Waals surface area contributed by atoms with E-state index >= 15 is 0 Å². The Labute approximate surface area is 154 Å². The number of nitrogens with one attached hydrogen (secondary N) is 1. The van der Waals surface area contributed by atoms with Gasteiger partial charge in [-0.2, -0.15) is 0 Å². The molecule has 0 spiro atoms. The van der Waals surface area contributed by atoms with Crippen molar-refractivity contribution >= 4 is 22.9 Å². The van der Waals surface area contributed by atoms with E-state index in [1.165, 1.54) is 5.52 Å². The number of piperidine rings is 1. The molecule has 1 aromatic heterocycles. The van der Waals surface area contributed by atoms with Crippen molar-refractivity contribution in [1.82, 2.24) is 14.9 Å². The SMILES string of the molecule is CCn1c(N2CCC(C(=O)NCC3CCCO3)CC2)nc2ccccc21. The van der Waals surface area contributed by atoms with Crippen LogP contribution in [0, 0.1) is 5.92 Å². The molecule has 1 aromatic carbocycles. The maximum absolute atomic E-state index is 12.5. The van der Waals surface area contributed by atoms with Crippen LogP contribution in [0.5, 0.6) is 0 Å². The van der Waals surface area contributed by atoms with Gasteiger partial charge in [0.25, 0.3) is 0 Å². The molecule has 1 N–H and O–H groups in total. The fourth-order valence-electron chi connectivity index (χ4n) is 4.12. The molecule has 0 saturated carbocycles. The van der Waals surface area contributed by atoms with Gasteiger partial charge >= 0.3 is 0 Å². The largest absolute Gasteiger partial charge is 0.376 e. The van der Waals surface area contributed by atoms with Crippen LogP contribution in [0.3, 0.4) is 0 Å². The molecule has 0 radical (unpaired) electrons. The fourth-order valence-corrected chi connectivity index (χ4v) is 4.12. The van der Waals surface area contributed by atoms with Crippen molar-refractivity contribution in [2.45, 2.75) is 45.3 Å². The van der Waals surface area contributed by atoms with Gasteiger partial charge in [0.2, 0.25) is 11.9 Å². The highest BCUT2D eigenvalue weighted by Crippen LogP contribution is 2.27. The molecule has 1 unspecified atom stereocenters. The Morgan fingerprint density at radius 2 is 2.08 bits per heavy atom. The second kappa shape index (κ2) is 7.66. The zero-order valence-electron chi connectivity index (χ0n) is 15.5. The van der Waals surface area contributed by atoms with E-state index in [1.807, 2.05) is 6.07 Å². The number of benzene rings is 1. The molecule has 140 valence electrons. The number of ether oxygens (including phenoxy) is 1. The van der Waals surface area contributed by atoms with Crippen molar-refractivity contribution in [2.24, 2.45) is 5.92 Å². The van der Waals surface area contributed by atoms with Crippen molar-refractivity contribution in [3.05, 3.63) is 24.3 Å². The van der Waals surface area contributed by atoms with Crippen LogP contribution in [0.15, 0.2) is 24.3 Å². The summed E-state index contributed by atoms with van der Waals surface area (Å²) in [5.74, 6) is 1.32. The van der Waals surface area contributed by atoms with Gasteiger partial charge in [0, 0.05) is 38.7 Å². The van der Waals surface area contributed by atoms with Gasteiger partial charge in [0.05, 0.1) is 17.1 Å². The lowest BCUT2D eigenvalue weighted by atomic mass is 9.96. The molecule has 3 heterocycles. The maximum atomic E-state index is 12.5. The summed E-state index contributed by atoms with van der Waals surface area (Å²) in [6.45, 7) is 6.30. The van der Waals surface area contributed by atoms with Crippen LogP contribution in [-0.2, 0) is 16.1 Å². The molecule has 2 aliphatic heterocycles. The zero-order chi connectivity index (χ0) is 17.9. The van der Waals surface area contributed by atoms with E-state index in [4.69, 9.17) is 9.72 Å². The molecule has 1 atom stereocenters. The Hall–Kier alpha value is -2.08. The van der Waals surface area contributed by atoms with Crippen LogP contribution >= 0.6 is 0 Å². The third-order valence-corrected chi connectivity index (χ3v) is 5.63. The Morgan fingerprint density at radius 1 is 1.27 bits per heavy atom. The van der Waals surface area contributed by atoms with Crippen LogP contribution in [0.4, 0.5) is 5.95 Å². The van der Waals surface area contributed by atoms with E-state index in [1.54, 1.807) is 0 Å². The van der Waals surface area contributed by atoms with Crippen molar-refractivity contribution in [1.29, 1.82) is 0 Å². The number of hydrogen-bond acceptors (Lipinski definition) is 4. The van der Waals surface area contributed by atoms with Crippen LogP contribution in [0.25, 0.3) is 11.0 Å². The Bertz CT molecular complexity index is 758. The Morgan fingerprint density at radius 3 is 2.81 bits per heavy atom. The third-order valence-electron chi connectivity index (χ3n) is 5.63. The highest BCUT2D eigenvalue weighted by Gasteiger charge is 2.28. The number of imidazole rings is 1. The molecule has 0 aliphatic carbocycles. The second-order valence-corrected chi connectivity index (χ2v) is 7.29. The van der Waals surface area contributed by atoms with E-state index < -0.39 is 0 Å². The molecule has 0 bridgehead atoms. The number of aryl methyl sites for hydroxylation is 1. The molecule has 1 amide bonds. The topological polar surface area (TPSA) is 59.4 Å². The lowest BCUT2D eigenvalue weighted by molar-refractivity contribution is -0.126. The first-order chi connectivity index (χ1) is 12.8. The molecule has 2 fully saturated rings. The van der Waals surface area contributed by atoms with E-state index in [2.05, 4.69) is 39.9 Å². The molecular formula is C20H28N4O2. The van der Waals surface area contributed by atoms with Gasteiger partial charge in [0.1, 0.15) is 0 Å². The Balaban J connectivity index is 1.36. The molecule has 4 rings (SSSR count). The molecule has 26 heavy (non-hydrogen) atoms. The first-order valence-corrected chi connectivity index (χ1v) is 9.85. The standard InChI is InChI=1S/C20H28N4O2/c1-2-24-18-8-4-3-7-17(18)22-20(24)23-11-9-15(10-12-23)19(25)21-14-16-6-5-13-26-16/h3-4,7-8,15-16H,2,5-6,9-14H2,1H3,(H,21,25). The molecule has 6 heteroatoms. The van der Waals surface area contributed by atoms with Gasteiger partial charge in [-0.3, -0.25) is 4.79 Å². The summed E-state index contributed by atoms with van der Waals surface area (Å²) in [5.41, 5.74) is 2.22. The Kier molecular flexibility index (Phi) is 5.11. The van der Waals surface area contributed by atoms with Gasteiger partial charge in [-0.15, -0.1) is 0 Å². The lowest BCUT2D eigenvalue weighted by Crippen LogP contribution is -2.43. The number of fused-ring (bicyclic) bond motifs is 1. The van der Waals surface area contributed by atoms with Crippen LogP contribution in [0.2, 0.25) is 0 Å². The summed E-state index contributed by atoms with van der Waals surface area (Å²) in [4.78, 5) is 19.6. The van der Waals surface area contributed by atoms with E-state index in [0.29, 0.717) is 6.54 Å². The lowest BCUT2D eigenvalue weighted by Gasteiger charge is -2.32. The molecule has 6 nitrogen and oxygen atoms in total. The van der Waals surface area contributed by atoms with Gasteiger partial charge in [0.15, 0.2) is 0 Å². The minimum Gasteiger partial charge on any atom is -0.376 e. The van der Waals surface area contributed by atoms with Crippen LogP contribution in [-0.4, -0.2) is 47.8 Å². The van der Waals surface area contributed by atoms with E-state index in [9.17, 15) is 4.79 Å². The average Bonchev–Trinajstić information content (AvgIpc) is 3.33. The number of nitrogens with zero attached hydrogens (tertiary/aromatic N) is 3. The zero-order valence-corrected chi connectivity index (χ0v) is 15.5. The van der Waals surface area contributed by atoms with Gasteiger partial charge in [-0.1, -0.05) is 12.1 Å². The number of para-hydroxylation sites is 2. The van der Waals surface area contributed by atoms with Crippen molar-refractivity contribution in [3.63, 3.8) is 0 Å². The number of carbonyl (C=O) groups excluding carboxylic acids is 1. The molecule has 2 aliphatic rings. The van der Waals surface area contributed by atoms with E-state index in [-0.39, 0.29) is 17.9 Å². The maximum Gasteiger partial charge on any atom is 0.223 e. The van der Waals surface area contributed by atoms with Gasteiger partial charge < -0.3 is 19.5 Å². The van der Waals surface area contributed by atoms with Crippen molar-refractivity contribution in [3.8, 4) is 0 Å². The summed E-state index contributed by atoms with van der Waals surface area (Å²) < 4.78 is 7.86. The summed E-state index contributed by atoms with van der Waals surface area (Å²) in [6, 6.07) is 8.28. The molecular weight excluding hydrogens is 328 g/mol. The first-order valence-electron chi connectivity index (χ1n) is 9.85. The van der Waals surface area contributed by atoms with Crippen molar-refractivity contribution < 1.29 is 9.53 Å². The number of rotatable bonds is 5. The summed E-state index contributed by atoms with van der Waals surface area (Å²) >= 11 is 0. The minimum atomic E-state index is 0.104. The predicted molar refractivity (Wildman–Crippen MR) is 102 cm³/mol. The van der Waals surface area contributed by atoms with Gasteiger partial charge in [-0.25, -0.2) is 4.98 Å². The third kappa shape index (κ3) is 3.43. The van der Waals surface area contributed by atoms with Crippen molar-refractivity contribution in [2.75, 3.05) is 31.1 Å². The number of anilines is 1. The normalized spacial score (nSPS) is 21.4. The highest BCUT2D eigenvalue weighted by molar-refractivity contribution is 5.80. The van der Waals surface area contributed by atoms with Crippen LogP contribution in [0.1, 0.15) is 32.6 Å². The number of amides is 1. The summed E-state index contributed by atoms with van der Waals surface area (Å²) in [5, 5.41) is 3.09.